The molecule has 1 amide bonds. The fourth-order valence-corrected chi connectivity index (χ4v) is 4.79. The van der Waals surface area contributed by atoms with E-state index in [9.17, 15) is 4.79 Å². The van der Waals surface area contributed by atoms with Crippen LogP contribution in [0.15, 0.2) is 91.0 Å². The summed E-state index contributed by atoms with van der Waals surface area (Å²) in [5.74, 6) is 1.18. The van der Waals surface area contributed by atoms with Gasteiger partial charge < -0.3 is 19.7 Å². The number of para-hydroxylation sites is 1. The van der Waals surface area contributed by atoms with Crippen LogP contribution < -0.4 is 14.8 Å². The summed E-state index contributed by atoms with van der Waals surface area (Å²) in [6.07, 6.45) is -0.378. The van der Waals surface area contributed by atoms with E-state index in [4.69, 9.17) is 32.7 Å². The van der Waals surface area contributed by atoms with Crippen molar-refractivity contribution < 1.29 is 14.3 Å². The molecule has 1 heterocycles. The van der Waals surface area contributed by atoms with Gasteiger partial charge >= 0.3 is 0 Å². The van der Waals surface area contributed by atoms with Crippen LogP contribution in [0.2, 0.25) is 10.0 Å². The van der Waals surface area contributed by atoms with E-state index in [0.717, 1.165) is 22.4 Å². The SMILES string of the molecule is COc1ccc([C@@H]2Nc3ccccc3C(=O)N2Cc2ccccc2)cc1COc1ccc(Cl)cc1Cl. The van der Waals surface area contributed by atoms with E-state index >= 15 is 0 Å². The standard InChI is InChI=1S/C29H24Cl2N2O3/c1-35-26-13-11-20(15-21(26)18-36-27-14-12-22(30)16-24(27)31)28-32-25-10-6-5-9-23(25)29(34)33(28)17-19-7-3-2-4-8-19/h2-16,28,32H,17-18H2,1H3/t28-/m1/s1. The van der Waals surface area contributed by atoms with Crippen LogP contribution in [0.4, 0.5) is 5.69 Å². The summed E-state index contributed by atoms with van der Waals surface area (Å²) in [5.41, 5.74) is 4.24. The molecule has 0 unspecified atom stereocenters. The first-order valence-electron chi connectivity index (χ1n) is 11.5. The molecule has 0 bridgehead atoms. The van der Waals surface area contributed by atoms with Crippen molar-refractivity contribution in [3.8, 4) is 11.5 Å². The molecular formula is C29H24Cl2N2O3. The summed E-state index contributed by atoms with van der Waals surface area (Å²) in [4.78, 5) is 15.4. The number of hydrogen-bond donors (Lipinski definition) is 1. The number of benzene rings is 4. The Kier molecular flexibility index (Phi) is 7.03. The maximum Gasteiger partial charge on any atom is 0.258 e. The number of hydrogen-bond acceptors (Lipinski definition) is 4. The molecule has 0 fully saturated rings. The minimum atomic E-state index is -0.378. The molecule has 4 aromatic carbocycles. The minimum absolute atomic E-state index is 0.0280. The highest BCUT2D eigenvalue weighted by molar-refractivity contribution is 6.35. The molecule has 5 rings (SSSR count). The van der Waals surface area contributed by atoms with E-state index in [0.29, 0.717) is 33.7 Å². The average Bonchev–Trinajstić information content (AvgIpc) is 2.90. The van der Waals surface area contributed by atoms with Gasteiger partial charge in [-0.15, -0.1) is 0 Å². The van der Waals surface area contributed by atoms with Crippen molar-refractivity contribution in [2.24, 2.45) is 0 Å². The van der Waals surface area contributed by atoms with E-state index in [1.54, 1.807) is 25.3 Å². The van der Waals surface area contributed by atoms with Crippen molar-refractivity contribution in [2.45, 2.75) is 19.3 Å². The Hall–Kier alpha value is -3.67. The zero-order chi connectivity index (χ0) is 25.1. The predicted octanol–water partition coefficient (Wildman–Crippen LogP) is 7.35. The van der Waals surface area contributed by atoms with E-state index < -0.39 is 0 Å². The van der Waals surface area contributed by atoms with Crippen LogP contribution in [0.3, 0.4) is 0 Å². The normalized spacial score (nSPS) is 14.7. The summed E-state index contributed by atoms with van der Waals surface area (Å²) in [7, 11) is 1.62. The Morgan fingerprint density at radius 1 is 0.889 bits per heavy atom. The fraction of sp³-hybridized carbons (Fsp3) is 0.138. The Labute approximate surface area is 220 Å². The van der Waals surface area contributed by atoms with Crippen LogP contribution in [0.1, 0.15) is 33.2 Å². The lowest BCUT2D eigenvalue weighted by Gasteiger charge is -2.38. The number of ether oxygens (including phenoxy) is 2. The van der Waals surface area contributed by atoms with Crippen LogP contribution in [-0.4, -0.2) is 17.9 Å². The third-order valence-electron chi connectivity index (χ3n) is 6.12. The average molecular weight is 519 g/mol. The summed E-state index contributed by atoms with van der Waals surface area (Å²) in [6.45, 7) is 0.693. The van der Waals surface area contributed by atoms with E-state index in [1.807, 2.05) is 77.7 Å². The van der Waals surface area contributed by atoms with Gasteiger partial charge in [0.2, 0.25) is 0 Å². The second kappa shape index (κ2) is 10.5. The molecule has 0 saturated carbocycles. The topological polar surface area (TPSA) is 50.8 Å². The number of nitrogens with one attached hydrogen (secondary N) is 1. The summed E-state index contributed by atoms with van der Waals surface area (Å²) >= 11 is 12.3. The first-order valence-corrected chi connectivity index (χ1v) is 12.2. The molecule has 4 aromatic rings. The van der Waals surface area contributed by atoms with E-state index in [1.165, 1.54) is 0 Å². The number of anilines is 1. The van der Waals surface area contributed by atoms with Gasteiger partial charge in [-0.1, -0.05) is 71.7 Å². The number of halogens is 2. The first-order chi connectivity index (χ1) is 17.5. The van der Waals surface area contributed by atoms with Gasteiger partial charge in [0.25, 0.3) is 5.91 Å². The van der Waals surface area contributed by atoms with Gasteiger partial charge in [0.15, 0.2) is 0 Å². The number of fused-ring (bicyclic) bond motifs is 1. The Bertz CT molecular complexity index is 1390. The number of carbonyl (C=O) groups is 1. The van der Waals surface area contributed by atoms with Crippen LogP contribution in [-0.2, 0) is 13.2 Å². The smallest absolute Gasteiger partial charge is 0.258 e. The highest BCUT2D eigenvalue weighted by atomic mass is 35.5. The Morgan fingerprint density at radius 3 is 2.42 bits per heavy atom. The minimum Gasteiger partial charge on any atom is -0.496 e. The molecule has 0 spiro atoms. The van der Waals surface area contributed by atoms with Crippen molar-refractivity contribution in [2.75, 3.05) is 12.4 Å². The number of carbonyl (C=O) groups excluding carboxylic acids is 1. The molecular weight excluding hydrogens is 495 g/mol. The van der Waals surface area contributed by atoms with Crippen molar-refractivity contribution in [3.05, 3.63) is 123 Å². The van der Waals surface area contributed by atoms with E-state index in [-0.39, 0.29) is 18.7 Å². The Morgan fingerprint density at radius 2 is 1.64 bits per heavy atom. The summed E-state index contributed by atoms with van der Waals surface area (Å²) in [5, 5.41) is 4.53. The second-order valence-electron chi connectivity index (χ2n) is 8.45. The lowest BCUT2D eigenvalue weighted by molar-refractivity contribution is 0.0666. The maximum absolute atomic E-state index is 13.6. The third-order valence-corrected chi connectivity index (χ3v) is 6.65. The highest BCUT2D eigenvalue weighted by Crippen LogP contribution is 2.36. The Balaban J connectivity index is 1.49. The first kappa shape index (κ1) is 24.0. The van der Waals surface area contributed by atoms with Crippen molar-refractivity contribution in [1.29, 1.82) is 0 Å². The van der Waals surface area contributed by atoms with E-state index in [2.05, 4.69) is 5.32 Å². The zero-order valence-corrected chi connectivity index (χ0v) is 21.1. The lowest BCUT2D eigenvalue weighted by Crippen LogP contribution is -2.42. The highest BCUT2D eigenvalue weighted by Gasteiger charge is 2.33. The third kappa shape index (κ3) is 4.99. The molecule has 1 N–H and O–H groups in total. The van der Waals surface area contributed by atoms with Gasteiger partial charge in [0.1, 0.15) is 24.3 Å². The predicted molar refractivity (Wildman–Crippen MR) is 143 cm³/mol. The molecule has 1 atom stereocenters. The van der Waals surface area contributed by atoms with Gasteiger partial charge in [-0.2, -0.15) is 0 Å². The maximum atomic E-state index is 13.6. The van der Waals surface area contributed by atoms with Crippen LogP contribution in [0.25, 0.3) is 0 Å². The summed E-state index contributed by atoms with van der Waals surface area (Å²) in [6, 6.07) is 28.5. The van der Waals surface area contributed by atoms with Gasteiger partial charge in [0.05, 0.1) is 17.7 Å². The molecule has 182 valence electrons. The van der Waals surface area contributed by atoms with Crippen molar-refractivity contribution >= 4 is 34.8 Å². The largest absolute Gasteiger partial charge is 0.496 e. The molecule has 0 radical (unpaired) electrons. The number of amides is 1. The van der Waals surface area contributed by atoms with Gasteiger partial charge in [-0.25, -0.2) is 0 Å². The molecule has 36 heavy (non-hydrogen) atoms. The molecule has 1 aliphatic heterocycles. The molecule has 7 heteroatoms. The van der Waals surface area contributed by atoms with Crippen LogP contribution in [0, 0.1) is 0 Å². The summed E-state index contributed by atoms with van der Waals surface area (Å²) < 4.78 is 11.6. The molecule has 5 nitrogen and oxygen atoms in total. The lowest BCUT2D eigenvalue weighted by atomic mass is 10.0. The van der Waals surface area contributed by atoms with Gasteiger partial charge in [-0.3, -0.25) is 4.79 Å². The molecule has 0 aliphatic carbocycles. The quantitative estimate of drug-likeness (QED) is 0.278. The monoisotopic (exact) mass is 518 g/mol. The number of rotatable bonds is 7. The van der Waals surface area contributed by atoms with Crippen LogP contribution >= 0.6 is 23.2 Å². The van der Waals surface area contributed by atoms with Gasteiger partial charge in [-0.05, 0) is 53.6 Å². The molecule has 1 aliphatic rings. The molecule has 0 saturated heterocycles. The van der Waals surface area contributed by atoms with Crippen LogP contribution in [0.5, 0.6) is 11.5 Å². The fourth-order valence-electron chi connectivity index (χ4n) is 4.33. The van der Waals surface area contributed by atoms with Crippen molar-refractivity contribution in [3.63, 3.8) is 0 Å². The van der Waals surface area contributed by atoms with Gasteiger partial charge in [0, 0.05) is 22.8 Å². The zero-order valence-electron chi connectivity index (χ0n) is 19.6. The van der Waals surface area contributed by atoms with Crippen molar-refractivity contribution in [1.82, 2.24) is 4.90 Å². The number of methoxy groups -OCH3 is 1. The molecule has 0 aromatic heterocycles. The second-order valence-corrected chi connectivity index (χ2v) is 9.29. The number of nitrogens with zero attached hydrogens (tertiary/aromatic N) is 1.